The smallest absolute Gasteiger partial charge is 0.0951 e. The molecule has 3 rings (SSSR count). The van der Waals surface area contributed by atoms with E-state index in [1.165, 1.54) is 0 Å². The highest BCUT2D eigenvalue weighted by atomic mass is 16.6. The average Bonchev–Trinajstić information content (AvgIpc) is 3.12. The number of aliphatic hydroxyl groups excluding tert-OH is 2. The van der Waals surface area contributed by atoms with Gasteiger partial charge in [-0.05, 0) is 16.7 Å². The molecule has 0 spiro atoms. The molecule has 1 unspecified atom stereocenters. The summed E-state index contributed by atoms with van der Waals surface area (Å²) in [5.41, 5.74) is 2.20. The van der Waals surface area contributed by atoms with Crippen LogP contribution >= 0.6 is 0 Å². The molecule has 0 aromatic heterocycles. The number of hydrogen-bond acceptors (Lipinski definition) is 10. The zero-order valence-corrected chi connectivity index (χ0v) is 27.4. The largest absolute Gasteiger partial charge is 0.394 e. The van der Waals surface area contributed by atoms with Crippen LogP contribution in [0.1, 0.15) is 16.7 Å². The second kappa shape index (κ2) is 25.3. The van der Waals surface area contributed by atoms with Gasteiger partial charge in [0.15, 0.2) is 0 Å². The number of ether oxygens (including phenoxy) is 8. The standard InChI is InChI=1S/C37H52O10/c38-16-17-40-18-19-41-20-21-42-22-23-43-24-25-44-26-27-45-28-29-46-30-31-47-32-36(39)37(33-10-4-1-5-11-33,34-12-6-2-7-13-34)35-14-8-3-9-15-35/h1-15,36,38-39H,16-32H2. The molecule has 0 aliphatic carbocycles. The lowest BCUT2D eigenvalue weighted by molar-refractivity contribution is -0.0312. The second-order valence-corrected chi connectivity index (χ2v) is 10.5. The Morgan fingerprint density at radius 3 is 0.915 bits per heavy atom. The Morgan fingerprint density at radius 1 is 0.383 bits per heavy atom. The van der Waals surface area contributed by atoms with Gasteiger partial charge < -0.3 is 48.1 Å². The molecule has 2 N–H and O–H groups in total. The van der Waals surface area contributed by atoms with Crippen molar-refractivity contribution in [2.45, 2.75) is 11.5 Å². The number of hydrogen-bond donors (Lipinski definition) is 2. The van der Waals surface area contributed by atoms with Crippen LogP contribution in [0.3, 0.4) is 0 Å². The van der Waals surface area contributed by atoms with Crippen molar-refractivity contribution in [3.8, 4) is 0 Å². The van der Waals surface area contributed by atoms with Crippen LogP contribution in [-0.4, -0.2) is 129 Å². The normalized spacial score (nSPS) is 12.4. The molecule has 0 aliphatic rings. The Balaban J connectivity index is 1.21. The minimum atomic E-state index is -0.836. The average molecular weight is 657 g/mol. The molecule has 10 heteroatoms. The lowest BCUT2D eigenvalue weighted by atomic mass is 9.66. The van der Waals surface area contributed by atoms with Gasteiger partial charge in [-0.15, -0.1) is 0 Å². The van der Waals surface area contributed by atoms with E-state index in [1.807, 2.05) is 54.6 Å². The molecule has 260 valence electrons. The third-order valence-electron chi connectivity index (χ3n) is 7.30. The van der Waals surface area contributed by atoms with E-state index < -0.39 is 11.5 Å². The molecule has 0 heterocycles. The summed E-state index contributed by atoms with van der Waals surface area (Å²) in [4.78, 5) is 0. The summed E-state index contributed by atoms with van der Waals surface area (Å²) >= 11 is 0. The van der Waals surface area contributed by atoms with E-state index in [4.69, 9.17) is 43.0 Å². The van der Waals surface area contributed by atoms with Gasteiger partial charge in [0.25, 0.3) is 0 Å². The zero-order chi connectivity index (χ0) is 33.1. The molecule has 0 radical (unpaired) electrons. The van der Waals surface area contributed by atoms with Crippen molar-refractivity contribution in [2.24, 2.45) is 0 Å². The number of rotatable bonds is 29. The van der Waals surface area contributed by atoms with Crippen LogP contribution in [0.15, 0.2) is 91.0 Å². The Morgan fingerprint density at radius 2 is 0.638 bits per heavy atom. The summed E-state index contributed by atoms with van der Waals surface area (Å²) in [6.07, 6.45) is -0.836. The third-order valence-corrected chi connectivity index (χ3v) is 7.30. The molecule has 47 heavy (non-hydrogen) atoms. The highest BCUT2D eigenvalue weighted by molar-refractivity contribution is 5.52. The number of aliphatic hydroxyl groups is 2. The van der Waals surface area contributed by atoms with Crippen molar-refractivity contribution in [2.75, 3.05) is 112 Å². The summed E-state index contributed by atoms with van der Waals surface area (Å²) < 4.78 is 44.0. The van der Waals surface area contributed by atoms with E-state index in [9.17, 15) is 5.11 Å². The van der Waals surface area contributed by atoms with Crippen LogP contribution in [-0.2, 0) is 43.3 Å². The van der Waals surface area contributed by atoms with Gasteiger partial charge in [-0.3, -0.25) is 0 Å². The first-order chi connectivity index (χ1) is 23.3. The van der Waals surface area contributed by atoms with E-state index in [2.05, 4.69) is 36.4 Å². The first-order valence-corrected chi connectivity index (χ1v) is 16.4. The Bertz CT molecular complexity index is 1020. The fourth-order valence-corrected chi connectivity index (χ4v) is 5.10. The predicted molar refractivity (Wildman–Crippen MR) is 179 cm³/mol. The van der Waals surface area contributed by atoms with Crippen LogP contribution in [0.2, 0.25) is 0 Å². The van der Waals surface area contributed by atoms with Crippen LogP contribution in [0, 0.1) is 0 Å². The highest BCUT2D eigenvalue weighted by Gasteiger charge is 2.43. The maximum atomic E-state index is 11.8. The first-order valence-electron chi connectivity index (χ1n) is 16.4. The second-order valence-electron chi connectivity index (χ2n) is 10.5. The maximum absolute atomic E-state index is 11.8. The van der Waals surface area contributed by atoms with E-state index in [-0.39, 0.29) is 13.2 Å². The molecular weight excluding hydrogens is 604 g/mol. The SMILES string of the molecule is OCCOCCOCCOCCOCCOCCOCCOCCOCC(O)C(c1ccccc1)(c1ccccc1)c1ccccc1. The summed E-state index contributed by atoms with van der Waals surface area (Å²) in [6.45, 7) is 7.01. The van der Waals surface area contributed by atoms with Crippen molar-refractivity contribution < 1.29 is 48.1 Å². The summed E-state index contributed by atoms with van der Waals surface area (Å²) in [5.74, 6) is 0. The minimum Gasteiger partial charge on any atom is -0.394 e. The number of benzene rings is 3. The van der Waals surface area contributed by atoms with Gasteiger partial charge in [-0.2, -0.15) is 0 Å². The lowest BCUT2D eigenvalue weighted by Crippen LogP contribution is -2.44. The lowest BCUT2D eigenvalue weighted by Gasteiger charge is -2.40. The van der Waals surface area contributed by atoms with Gasteiger partial charge in [-0.25, -0.2) is 0 Å². The Labute approximate surface area is 279 Å². The fourth-order valence-electron chi connectivity index (χ4n) is 5.10. The summed E-state index contributed by atoms with van der Waals surface area (Å²) in [6, 6.07) is 30.3. The quantitative estimate of drug-likeness (QED) is 0.0851. The molecule has 3 aromatic rings. The predicted octanol–water partition coefficient (Wildman–Crippen LogP) is 3.51. The fraction of sp³-hybridized carbons (Fsp3) is 0.514. The van der Waals surface area contributed by atoms with E-state index in [0.717, 1.165) is 16.7 Å². The van der Waals surface area contributed by atoms with E-state index in [0.29, 0.717) is 99.1 Å². The molecule has 0 amide bonds. The van der Waals surface area contributed by atoms with Gasteiger partial charge in [0, 0.05) is 0 Å². The van der Waals surface area contributed by atoms with Crippen LogP contribution in [0.4, 0.5) is 0 Å². The van der Waals surface area contributed by atoms with Gasteiger partial charge >= 0.3 is 0 Å². The van der Waals surface area contributed by atoms with E-state index in [1.54, 1.807) is 0 Å². The molecule has 0 bridgehead atoms. The molecule has 0 fully saturated rings. The maximum Gasteiger partial charge on any atom is 0.0951 e. The monoisotopic (exact) mass is 656 g/mol. The van der Waals surface area contributed by atoms with Crippen molar-refractivity contribution >= 4 is 0 Å². The van der Waals surface area contributed by atoms with Gasteiger partial charge in [0.1, 0.15) is 0 Å². The Hall–Kier alpha value is -2.74. The van der Waals surface area contributed by atoms with E-state index >= 15 is 0 Å². The van der Waals surface area contributed by atoms with Gasteiger partial charge in [-0.1, -0.05) is 91.0 Å². The third kappa shape index (κ3) is 14.5. The van der Waals surface area contributed by atoms with Gasteiger partial charge in [0.05, 0.1) is 124 Å². The van der Waals surface area contributed by atoms with Crippen LogP contribution in [0.5, 0.6) is 0 Å². The van der Waals surface area contributed by atoms with Crippen molar-refractivity contribution in [1.29, 1.82) is 0 Å². The molecule has 0 aliphatic heterocycles. The summed E-state index contributed by atoms with van der Waals surface area (Å²) in [5, 5.41) is 20.4. The van der Waals surface area contributed by atoms with Crippen molar-refractivity contribution in [3.63, 3.8) is 0 Å². The Kier molecular flexibility index (Phi) is 20.8. The van der Waals surface area contributed by atoms with Crippen molar-refractivity contribution in [1.82, 2.24) is 0 Å². The molecule has 10 nitrogen and oxygen atoms in total. The van der Waals surface area contributed by atoms with Crippen molar-refractivity contribution in [3.05, 3.63) is 108 Å². The molecular formula is C37H52O10. The topological polar surface area (TPSA) is 114 Å². The molecule has 1 atom stereocenters. The van der Waals surface area contributed by atoms with Crippen LogP contribution in [0.25, 0.3) is 0 Å². The summed E-state index contributed by atoms with van der Waals surface area (Å²) in [7, 11) is 0. The zero-order valence-electron chi connectivity index (χ0n) is 27.4. The minimum absolute atomic E-state index is 0.0209. The molecule has 0 saturated heterocycles. The molecule has 0 saturated carbocycles. The van der Waals surface area contributed by atoms with Crippen LogP contribution < -0.4 is 0 Å². The first kappa shape index (κ1) is 38.7. The van der Waals surface area contributed by atoms with Gasteiger partial charge in [0.2, 0.25) is 0 Å². The molecule has 3 aromatic carbocycles. The highest BCUT2D eigenvalue weighted by Crippen LogP contribution is 2.42.